The first-order valence-corrected chi connectivity index (χ1v) is 6.03. The van der Waals surface area contributed by atoms with Crippen LogP contribution in [0.4, 0.5) is 0 Å². The van der Waals surface area contributed by atoms with Gasteiger partial charge in [0.1, 0.15) is 10.6 Å². The number of benzene rings is 1. The molecule has 0 bridgehead atoms. The van der Waals surface area contributed by atoms with Crippen LogP contribution in [0, 0.1) is 0 Å². The summed E-state index contributed by atoms with van der Waals surface area (Å²) in [5.41, 5.74) is 0.599. The Hall–Kier alpha value is -0.780. The third-order valence-electron chi connectivity index (χ3n) is 2.00. The van der Waals surface area contributed by atoms with Gasteiger partial charge in [-0.3, -0.25) is 4.79 Å². The Kier molecular flexibility index (Phi) is 5.74. The van der Waals surface area contributed by atoms with E-state index in [9.17, 15) is 4.79 Å². The molecule has 6 heteroatoms. The van der Waals surface area contributed by atoms with E-state index in [2.05, 4.69) is 20.7 Å². The van der Waals surface area contributed by atoms with Crippen molar-refractivity contribution in [3.05, 3.63) is 28.8 Å². The second-order valence-corrected chi connectivity index (χ2v) is 4.42. The van der Waals surface area contributed by atoms with Gasteiger partial charge >= 0.3 is 5.97 Å². The first-order valence-electron chi connectivity index (χ1n) is 4.73. The molecule has 1 rings (SSSR count). The molecule has 0 saturated carbocycles. The summed E-state index contributed by atoms with van der Waals surface area (Å²) < 4.78 is 14.8. The molecule has 0 saturated heterocycles. The number of hydrogen-bond acceptors (Lipinski definition) is 4. The predicted molar refractivity (Wildman–Crippen MR) is 67.6 cm³/mol. The smallest absolute Gasteiger partial charge is 0.324 e. The Labute approximate surface area is 113 Å². The molecular formula is C11H12BrClO4. The Balaban J connectivity index is 3.05. The van der Waals surface area contributed by atoms with Crippen molar-refractivity contribution in [2.75, 3.05) is 21.0 Å². The average molecular weight is 324 g/mol. The van der Waals surface area contributed by atoms with Crippen LogP contribution in [-0.4, -0.2) is 27.0 Å². The van der Waals surface area contributed by atoms with Gasteiger partial charge in [0, 0.05) is 12.7 Å². The molecule has 0 N–H and O–H groups in total. The summed E-state index contributed by atoms with van der Waals surface area (Å²) in [6, 6.07) is 5.13. The lowest BCUT2D eigenvalue weighted by Crippen LogP contribution is -2.11. The lowest BCUT2D eigenvalue weighted by molar-refractivity contribution is -0.139. The molecule has 4 nitrogen and oxygen atoms in total. The highest BCUT2D eigenvalue weighted by atomic mass is 79.9. The van der Waals surface area contributed by atoms with E-state index in [0.29, 0.717) is 16.3 Å². The zero-order valence-corrected chi connectivity index (χ0v) is 11.7. The molecule has 1 atom stereocenters. The van der Waals surface area contributed by atoms with Crippen LogP contribution in [0.5, 0.6) is 5.75 Å². The van der Waals surface area contributed by atoms with Crippen LogP contribution < -0.4 is 4.74 Å². The zero-order valence-electron chi connectivity index (χ0n) is 9.41. The number of carbonyl (C=O) groups excluding carboxylic acids is 1. The fourth-order valence-corrected chi connectivity index (χ4v) is 2.01. The third kappa shape index (κ3) is 3.59. The minimum Gasteiger partial charge on any atom is -0.468 e. The topological polar surface area (TPSA) is 44.8 Å². The van der Waals surface area contributed by atoms with Gasteiger partial charge in [-0.25, -0.2) is 0 Å². The van der Waals surface area contributed by atoms with Crippen molar-refractivity contribution in [3.8, 4) is 5.75 Å². The second-order valence-electron chi connectivity index (χ2n) is 3.09. The van der Waals surface area contributed by atoms with Crippen LogP contribution in [0.3, 0.4) is 0 Å². The van der Waals surface area contributed by atoms with Gasteiger partial charge < -0.3 is 14.2 Å². The number of para-hydroxylation sites is 1. The number of rotatable bonds is 5. The monoisotopic (exact) mass is 322 g/mol. The number of carbonyl (C=O) groups is 1. The highest BCUT2D eigenvalue weighted by molar-refractivity contribution is 9.09. The first-order chi connectivity index (χ1) is 8.11. The minimum atomic E-state index is -0.627. The SMILES string of the molecule is COCOc1c(Cl)cccc1C(Br)C(=O)OC. The number of hydrogen-bond donors (Lipinski definition) is 0. The third-order valence-corrected chi connectivity index (χ3v) is 3.16. The van der Waals surface area contributed by atoms with E-state index in [1.807, 2.05) is 0 Å². The predicted octanol–water partition coefficient (Wildman–Crippen LogP) is 2.93. The number of methoxy groups -OCH3 is 2. The molecule has 0 amide bonds. The largest absolute Gasteiger partial charge is 0.468 e. The van der Waals surface area contributed by atoms with E-state index in [0.717, 1.165) is 0 Å². The maximum absolute atomic E-state index is 11.5. The average Bonchev–Trinajstić information content (AvgIpc) is 2.35. The van der Waals surface area contributed by atoms with Crippen molar-refractivity contribution in [1.82, 2.24) is 0 Å². The summed E-state index contributed by atoms with van der Waals surface area (Å²) in [5, 5.41) is 0.410. The summed E-state index contributed by atoms with van der Waals surface area (Å²) in [5.74, 6) is -0.0159. The Morgan fingerprint density at radius 1 is 1.47 bits per heavy atom. The van der Waals surface area contributed by atoms with Crippen LogP contribution in [0.2, 0.25) is 5.02 Å². The van der Waals surface area contributed by atoms with Crippen LogP contribution in [0.25, 0.3) is 0 Å². The van der Waals surface area contributed by atoms with Gasteiger partial charge in [-0.1, -0.05) is 39.7 Å². The van der Waals surface area contributed by atoms with Gasteiger partial charge in [0.2, 0.25) is 0 Å². The molecule has 1 unspecified atom stereocenters. The highest BCUT2D eigenvalue weighted by Gasteiger charge is 2.23. The molecule has 0 aliphatic rings. The molecule has 0 aliphatic carbocycles. The maximum Gasteiger partial charge on any atom is 0.324 e. The van der Waals surface area contributed by atoms with Crippen molar-refractivity contribution < 1.29 is 19.0 Å². The summed E-state index contributed by atoms with van der Waals surface area (Å²) >= 11 is 9.24. The van der Waals surface area contributed by atoms with Gasteiger partial charge in [-0.15, -0.1) is 0 Å². The lowest BCUT2D eigenvalue weighted by atomic mass is 10.1. The van der Waals surface area contributed by atoms with Crippen molar-refractivity contribution in [3.63, 3.8) is 0 Å². The molecule has 0 aliphatic heterocycles. The number of alkyl halides is 1. The summed E-state index contributed by atoms with van der Waals surface area (Å²) in [4.78, 5) is 10.8. The molecule has 94 valence electrons. The standard InChI is InChI=1S/C11H12BrClO4/c1-15-6-17-10-7(4-3-5-8(10)13)9(12)11(14)16-2/h3-5,9H,6H2,1-2H3. The quantitative estimate of drug-likeness (QED) is 0.475. The van der Waals surface area contributed by atoms with Gasteiger partial charge in [0.05, 0.1) is 12.1 Å². The fourth-order valence-electron chi connectivity index (χ4n) is 1.23. The summed E-state index contributed by atoms with van der Waals surface area (Å²) in [6.07, 6.45) is 0. The van der Waals surface area contributed by atoms with Crippen molar-refractivity contribution in [2.24, 2.45) is 0 Å². The van der Waals surface area contributed by atoms with Crippen LogP contribution in [0.15, 0.2) is 18.2 Å². The highest BCUT2D eigenvalue weighted by Crippen LogP contribution is 2.37. The Bertz CT molecular complexity index is 397. The van der Waals surface area contributed by atoms with E-state index < -0.39 is 10.8 Å². The van der Waals surface area contributed by atoms with Crippen molar-refractivity contribution >= 4 is 33.5 Å². The normalized spacial score (nSPS) is 12.0. The molecule has 0 fully saturated rings. The molecule has 1 aromatic rings. The van der Waals surface area contributed by atoms with E-state index in [4.69, 9.17) is 21.1 Å². The fraction of sp³-hybridized carbons (Fsp3) is 0.364. The van der Waals surface area contributed by atoms with E-state index in [1.165, 1.54) is 14.2 Å². The summed E-state index contributed by atoms with van der Waals surface area (Å²) in [6.45, 7) is 0.0532. The molecule has 0 aromatic heterocycles. The van der Waals surface area contributed by atoms with Gasteiger partial charge in [-0.2, -0.15) is 0 Å². The molecule has 0 heterocycles. The molecule has 0 spiro atoms. The number of halogens is 2. The summed E-state index contributed by atoms with van der Waals surface area (Å²) in [7, 11) is 2.82. The van der Waals surface area contributed by atoms with Crippen LogP contribution in [0.1, 0.15) is 10.4 Å². The number of esters is 1. The van der Waals surface area contributed by atoms with E-state index in [1.54, 1.807) is 18.2 Å². The van der Waals surface area contributed by atoms with E-state index >= 15 is 0 Å². The number of ether oxygens (including phenoxy) is 3. The van der Waals surface area contributed by atoms with Crippen molar-refractivity contribution in [2.45, 2.75) is 4.83 Å². The maximum atomic E-state index is 11.5. The van der Waals surface area contributed by atoms with E-state index in [-0.39, 0.29) is 6.79 Å². The zero-order chi connectivity index (χ0) is 12.8. The van der Waals surface area contributed by atoms with Crippen LogP contribution in [-0.2, 0) is 14.3 Å². The van der Waals surface area contributed by atoms with Crippen molar-refractivity contribution in [1.29, 1.82) is 0 Å². The first kappa shape index (κ1) is 14.3. The molecule has 17 heavy (non-hydrogen) atoms. The second kappa shape index (κ2) is 6.83. The molecular weight excluding hydrogens is 311 g/mol. The Morgan fingerprint density at radius 3 is 2.76 bits per heavy atom. The minimum absolute atomic E-state index is 0.0532. The van der Waals surface area contributed by atoms with Gasteiger partial charge in [0.25, 0.3) is 0 Å². The Morgan fingerprint density at radius 2 is 2.18 bits per heavy atom. The van der Waals surface area contributed by atoms with Gasteiger partial charge in [-0.05, 0) is 6.07 Å². The lowest BCUT2D eigenvalue weighted by Gasteiger charge is -2.15. The van der Waals surface area contributed by atoms with Crippen LogP contribution >= 0.6 is 27.5 Å². The molecule has 0 radical (unpaired) electrons. The van der Waals surface area contributed by atoms with Gasteiger partial charge in [0.15, 0.2) is 6.79 Å². The molecule has 1 aromatic carbocycles.